The lowest BCUT2D eigenvalue weighted by molar-refractivity contribution is -0.0108. The van der Waals surface area contributed by atoms with Gasteiger partial charge in [0.2, 0.25) is 0 Å². The first-order valence-electron chi connectivity index (χ1n) is 51.3. The van der Waals surface area contributed by atoms with Gasteiger partial charge in [-0.05, 0) is 75.2 Å². The van der Waals surface area contributed by atoms with Gasteiger partial charge in [-0.2, -0.15) is 0 Å². The van der Waals surface area contributed by atoms with Crippen molar-refractivity contribution in [3.8, 4) is 0 Å². The molecule has 5 aliphatic carbocycles. The first-order valence-corrected chi connectivity index (χ1v) is 55.1. The molecule has 16 unspecified atom stereocenters. The van der Waals surface area contributed by atoms with Crippen molar-refractivity contribution >= 4 is 81.2 Å². The Morgan fingerprint density at radius 2 is 0.391 bits per heavy atom. The monoisotopic (exact) mass is 2060 g/mol. The minimum atomic E-state index is -0.713. The first-order chi connectivity index (χ1) is 65.0. The van der Waals surface area contributed by atoms with E-state index in [0.717, 1.165) is 92.5 Å². The molecule has 27 nitrogen and oxygen atoms in total. The summed E-state index contributed by atoms with van der Waals surface area (Å²) in [7, 11) is 0. The van der Waals surface area contributed by atoms with Crippen LogP contribution in [0.2, 0.25) is 0 Å². The van der Waals surface area contributed by atoms with Gasteiger partial charge in [-0.15, -0.1) is 81.2 Å². The number of alkyl halides is 7. The second kappa shape index (κ2) is 112. The lowest BCUT2D eigenvalue weighted by atomic mass is 10.0. The minimum Gasteiger partial charge on any atom is -0.394 e. The number of ether oxygens (including phenoxy) is 23. The second-order valence-corrected chi connectivity index (χ2v) is 35.6. The van der Waals surface area contributed by atoms with Gasteiger partial charge in [0.05, 0.1) is 237 Å². The topological polar surface area (TPSA) is 320 Å². The Bertz CT molecular complexity index is 1840. The van der Waals surface area contributed by atoms with Crippen LogP contribution in [0.3, 0.4) is 0 Å². The van der Waals surface area contributed by atoms with Gasteiger partial charge in [-0.3, -0.25) is 0 Å². The van der Waals surface area contributed by atoms with Crippen LogP contribution >= 0.6 is 81.2 Å². The summed E-state index contributed by atoms with van der Waals surface area (Å²) in [6, 6.07) is 0. The Kier molecular flexibility index (Phi) is 116. The van der Waals surface area contributed by atoms with E-state index in [4.69, 9.17) is 206 Å². The molecule has 0 amide bonds. The Morgan fingerprint density at radius 3 is 0.534 bits per heavy atom. The predicted molar refractivity (Wildman–Crippen MR) is 540 cm³/mol. The highest BCUT2D eigenvalue weighted by molar-refractivity contribution is 6.19. The average Bonchev–Trinajstić information content (AvgIpc) is 1.79. The SMILES string of the molecule is C1CCCCC1.C1CCCCC1.C1CCCCC1.C1CCCCC1.C1CCCCC1.CCOCC(CCl)OCC(C)CCl.CCOCC(CCl)OCC1CO1.CCOCC(CCl)OCC1CO1.CCOCC(CCl)OCC1CO1.CCOCC(CCl)OCC1CO1.CCOCC(O)CCl.CCOCC(O)CO.CCOCC1CO1.CCOCC1CO1.CCOCC1CO1.OCC1CO1. The molecule has 5 saturated carbocycles. The van der Waals surface area contributed by atoms with Crippen LogP contribution in [-0.2, 0) is 109 Å². The molecule has 13 rings (SSSR count). The molecule has 8 saturated heterocycles. The highest BCUT2D eigenvalue weighted by Crippen LogP contribution is 2.21. The zero-order valence-corrected chi connectivity index (χ0v) is 90.3. The Labute approximate surface area is 843 Å². The Morgan fingerprint density at radius 1 is 0.218 bits per heavy atom. The molecule has 13 aliphatic rings. The number of rotatable bonds is 54. The lowest BCUT2D eigenvalue weighted by Gasteiger charge is -2.16. The van der Waals surface area contributed by atoms with Crippen molar-refractivity contribution < 1.29 is 129 Å². The molecule has 0 aromatic carbocycles. The van der Waals surface area contributed by atoms with E-state index < -0.39 is 12.2 Å². The molecule has 0 aromatic rings. The minimum absolute atomic E-state index is 0.00715. The highest BCUT2D eigenvalue weighted by Gasteiger charge is 2.28. The van der Waals surface area contributed by atoms with Gasteiger partial charge < -0.3 is 129 Å². The number of halogens is 7. The molecule has 16 atom stereocenters. The number of aliphatic hydroxyl groups is 4. The normalized spacial score (nSPS) is 23.0. The summed E-state index contributed by atoms with van der Waals surface area (Å²) in [5, 5.41) is 33.7. The first kappa shape index (κ1) is 138. The van der Waals surface area contributed by atoms with Gasteiger partial charge in [0.1, 0.15) is 54.9 Å². The van der Waals surface area contributed by atoms with Crippen LogP contribution in [-0.4, -0.2) is 384 Å². The third-order valence-corrected chi connectivity index (χ3v) is 22.8. The third-order valence-electron chi connectivity index (χ3n) is 20.2. The van der Waals surface area contributed by atoms with E-state index in [1.165, 1.54) is 193 Å². The number of hydrogen-bond acceptors (Lipinski definition) is 27. The van der Waals surface area contributed by atoms with Crippen LogP contribution in [0.1, 0.15) is 269 Å². The molecule has 0 radical (unpaired) electrons. The maximum Gasteiger partial charge on any atom is 0.104 e. The summed E-state index contributed by atoms with van der Waals surface area (Å²) in [4.78, 5) is 0. The van der Waals surface area contributed by atoms with Crippen molar-refractivity contribution in [3.63, 3.8) is 0 Å². The van der Waals surface area contributed by atoms with Crippen molar-refractivity contribution in [1.29, 1.82) is 0 Å². The fourth-order valence-corrected chi connectivity index (χ4v) is 12.3. The number of aliphatic hydroxyl groups excluding tert-OH is 4. The molecule has 4 N–H and O–H groups in total. The van der Waals surface area contributed by atoms with E-state index in [-0.39, 0.29) is 62.3 Å². The Hall–Kier alpha value is 0.950. The van der Waals surface area contributed by atoms with Gasteiger partial charge >= 0.3 is 0 Å². The Balaban J connectivity index is -0.00000137. The molecular weight excluding hydrogens is 1870 g/mol. The largest absolute Gasteiger partial charge is 0.394 e. The van der Waals surface area contributed by atoms with E-state index in [1.807, 2.05) is 76.2 Å². The number of epoxide rings is 8. The maximum absolute atomic E-state index is 8.73. The van der Waals surface area contributed by atoms with Gasteiger partial charge in [0, 0.05) is 71.9 Å². The maximum atomic E-state index is 8.73. The smallest absolute Gasteiger partial charge is 0.104 e. The molecular formula is C99H197Cl7O27. The van der Waals surface area contributed by atoms with E-state index in [2.05, 4.69) is 4.74 Å². The van der Waals surface area contributed by atoms with Crippen LogP contribution in [0.4, 0.5) is 0 Å². The second-order valence-electron chi connectivity index (χ2n) is 33.5. The van der Waals surface area contributed by atoms with Gasteiger partial charge in [0.15, 0.2) is 0 Å². The fraction of sp³-hybridized carbons (Fsp3) is 1.00. The van der Waals surface area contributed by atoms with Gasteiger partial charge in [0.25, 0.3) is 0 Å². The van der Waals surface area contributed by atoms with E-state index in [9.17, 15) is 0 Å². The number of hydrogen-bond donors (Lipinski definition) is 4. The molecule has 0 aromatic heterocycles. The van der Waals surface area contributed by atoms with Crippen LogP contribution in [0, 0.1) is 5.92 Å². The van der Waals surface area contributed by atoms with Crippen LogP contribution < -0.4 is 0 Å². The summed E-state index contributed by atoms with van der Waals surface area (Å²) in [6.07, 6.45) is 46.5. The molecule has 8 aliphatic heterocycles. The van der Waals surface area contributed by atoms with Gasteiger partial charge in [-0.25, -0.2) is 0 Å². The third kappa shape index (κ3) is 120. The van der Waals surface area contributed by atoms with Gasteiger partial charge in [-0.1, -0.05) is 200 Å². The predicted octanol–water partition coefficient (Wildman–Crippen LogP) is 19.0. The highest BCUT2D eigenvalue weighted by atomic mass is 35.5. The standard InChI is InChI=1S/C9H18Cl2O2.4C8H15ClO3.5C6H12.C5H11ClO2.C5H12O3.3C5H10O2.C3H6O2/c1-3-12-7-9(5-11)13-6-8(2)4-10;4*1-2-10-4-7(3-9)11-5-8-6-12-8;5*1-2-4-6-5-3-1;2*1-2-8-4-5(7)3-6;3*1-2-6-3-5-4-7-5;4-1-3-2-5-3/h8-9H,3-7H2,1-2H3;4*7-8H,2-6H2,1H3;5*1-6H2;5,7H,2-4H2,1H3;5-7H,2-4H2,1H3;3*5H,2-4H2,1H3;3-4H,1-2H2. The fourth-order valence-electron chi connectivity index (χ4n) is 11.2. The molecule has 13 fully saturated rings. The summed E-state index contributed by atoms with van der Waals surface area (Å²) in [5.74, 6) is 3.62. The van der Waals surface area contributed by atoms with Crippen molar-refractivity contribution in [2.45, 2.75) is 360 Å². The molecule has 804 valence electrons. The summed E-state index contributed by atoms with van der Waals surface area (Å²) in [5.41, 5.74) is 0. The average molecular weight is 2070 g/mol. The summed E-state index contributed by atoms with van der Waals surface area (Å²) >= 11 is 39.2. The molecule has 34 heteroatoms. The quantitative estimate of drug-likeness (QED) is 0.0325. The summed E-state index contributed by atoms with van der Waals surface area (Å²) < 4.78 is 117. The van der Waals surface area contributed by atoms with Crippen LogP contribution in [0.5, 0.6) is 0 Å². The van der Waals surface area contributed by atoms with Crippen molar-refractivity contribution in [3.05, 3.63) is 0 Å². The molecule has 0 spiro atoms. The van der Waals surface area contributed by atoms with Crippen molar-refractivity contribution in [2.75, 3.05) is 272 Å². The zero-order chi connectivity index (χ0) is 98.4. The van der Waals surface area contributed by atoms with E-state index in [1.54, 1.807) is 0 Å². The van der Waals surface area contributed by atoms with Crippen LogP contribution in [0.15, 0.2) is 0 Å². The molecule has 0 bridgehead atoms. The zero-order valence-electron chi connectivity index (χ0n) is 85.0. The molecule has 133 heavy (non-hydrogen) atoms. The molecule has 8 heterocycles. The van der Waals surface area contributed by atoms with Crippen molar-refractivity contribution in [2.24, 2.45) is 5.92 Å². The van der Waals surface area contributed by atoms with Crippen molar-refractivity contribution in [1.82, 2.24) is 0 Å². The summed E-state index contributed by atoms with van der Waals surface area (Å²) in [6.45, 7) is 44.4. The van der Waals surface area contributed by atoms with Crippen LogP contribution in [0.25, 0.3) is 0 Å². The lowest BCUT2D eigenvalue weighted by Crippen LogP contribution is -2.24. The van der Waals surface area contributed by atoms with E-state index in [0.29, 0.717) is 203 Å². The van der Waals surface area contributed by atoms with E-state index >= 15 is 0 Å².